The standard InChI is InChI=1S/C15H12NO3S/c16-14(17)8-9-5-6-11-13(7-9)20(19)12-4-2-1-3-10(12)15(11)18/h1-7,10H,8H2,(H2-,16,17,19)/q-1. The second kappa shape index (κ2) is 4.85. The number of allylic oxidation sites excluding steroid dienone is 4. The highest BCUT2D eigenvalue weighted by molar-refractivity contribution is 8.11. The molecule has 5 heteroatoms. The number of fused-ring (bicyclic) bond motifs is 2. The molecule has 0 aromatic heterocycles. The smallest absolute Gasteiger partial charge is 0.221 e. The first kappa shape index (κ1) is 13.0. The quantitative estimate of drug-likeness (QED) is 0.838. The van der Waals surface area contributed by atoms with E-state index in [9.17, 15) is 14.1 Å². The van der Waals surface area contributed by atoms with Crippen LogP contribution in [0.4, 0.5) is 0 Å². The molecule has 0 spiro atoms. The molecule has 102 valence electrons. The first-order valence-corrected chi connectivity index (χ1v) is 7.32. The van der Waals surface area contributed by atoms with Gasteiger partial charge in [-0.3, -0.25) is 9.59 Å². The lowest BCUT2D eigenvalue weighted by Crippen LogP contribution is -2.27. The predicted octanol–water partition coefficient (Wildman–Crippen LogP) is 1.58. The van der Waals surface area contributed by atoms with Gasteiger partial charge in [-0.1, -0.05) is 36.4 Å². The SMILES string of the molecule is NC(=O)Cc1ccc2c(c1)S([O-])=C1C=CC=CC1C2=O. The first-order chi connectivity index (χ1) is 9.58. The normalized spacial score (nSPS) is 23.4. The summed E-state index contributed by atoms with van der Waals surface area (Å²) in [5.41, 5.74) is 6.30. The van der Waals surface area contributed by atoms with E-state index in [0.717, 1.165) is 0 Å². The van der Waals surface area contributed by atoms with Gasteiger partial charge >= 0.3 is 0 Å². The minimum atomic E-state index is -1.37. The molecular formula is C15H12NO3S-. The van der Waals surface area contributed by atoms with Crippen LogP contribution in [-0.2, 0) is 11.2 Å². The molecule has 2 aliphatic rings. The van der Waals surface area contributed by atoms with Crippen LogP contribution in [0.15, 0.2) is 47.4 Å². The first-order valence-electron chi connectivity index (χ1n) is 6.17. The van der Waals surface area contributed by atoms with E-state index in [1.165, 1.54) is 0 Å². The molecule has 1 heterocycles. The third kappa shape index (κ3) is 2.05. The molecule has 2 unspecified atom stereocenters. The molecule has 1 aromatic carbocycles. The van der Waals surface area contributed by atoms with E-state index >= 15 is 0 Å². The molecule has 2 atom stereocenters. The molecule has 0 radical (unpaired) electrons. The van der Waals surface area contributed by atoms with E-state index in [1.54, 1.807) is 42.5 Å². The zero-order valence-corrected chi connectivity index (χ0v) is 11.4. The van der Waals surface area contributed by atoms with Crippen LogP contribution >= 0.6 is 10.8 Å². The van der Waals surface area contributed by atoms with E-state index in [-0.39, 0.29) is 12.2 Å². The summed E-state index contributed by atoms with van der Waals surface area (Å²) in [6, 6.07) is 4.96. The average Bonchev–Trinajstić information content (AvgIpc) is 2.44. The third-order valence-electron chi connectivity index (χ3n) is 3.37. The number of primary amides is 1. The summed E-state index contributed by atoms with van der Waals surface area (Å²) in [5.74, 6) is -0.944. The van der Waals surface area contributed by atoms with Crippen molar-refractivity contribution in [2.24, 2.45) is 11.7 Å². The van der Waals surface area contributed by atoms with Crippen LogP contribution in [0.3, 0.4) is 0 Å². The van der Waals surface area contributed by atoms with Crippen molar-refractivity contribution in [3.63, 3.8) is 0 Å². The number of hydrogen-bond donors (Lipinski definition) is 1. The Bertz CT molecular complexity index is 716. The van der Waals surface area contributed by atoms with Crippen molar-refractivity contribution >= 4 is 27.3 Å². The Morgan fingerprint density at radius 2 is 2.15 bits per heavy atom. The van der Waals surface area contributed by atoms with Gasteiger partial charge in [0.2, 0.25) is 5.91 Å². The Kier molecular flexibility index (Phi) is 3.16. The van der Waals surface area contributed by atoms with Gasteiger partial charge in [-0.25, -0.2) is 10.8 Å². The Labute approximate surface area is 118 Å². The Hall–Kier alpha value is -1.98. The maximum absolute atomic E-state index is 12.6. The Morgan fingerprint density at radius 3 is 2.90 bits per heavy atom. The molecule has 0 bridgehead atoms. The summed E-state index contributed by atoms with van der Waals surface area (Å²) in [4.78, 5) is 24.4. The number of rotatable bonds is 2. The fourth-order valence-corrected chi connectivity index (χ4v) is 3.95. The van der Waals surface area contributed by atoms with E-state index in [0.29, 0.717) is 20.9 Å². The third-order valence-corrected chi connectivity index (χ3v) is 4.92. The molecule has 2 N–H and O–H groups in total. The lowest BCUT2D eigenvalue weighted by molar-refractivity contribution is -0.117. The highest BCUT2D eigenvalue weighted by atomic mass is 32.2. The molecule has 0 saturated heterocycles. The van der Waals surface area contributed by atoms with Gasteiger partial charge < -0.3 is 10.3 Å². The van der Waals surface area contributed by atoms with Crippen LogP contribution in [0.25, 0.3) is 0 Å². The van der Waals surface area contributed by atoms with Crippen molar-refractivity contribution in [3.8, 4) is 0 Å². The maximum atomic E-state index is 12.6. The molecule has 1 aliphatic heterocycles. The van der Waals surface area contributed by atoms with Crippen molar-refractivity contribution in [1.29, 1.82) is 0 Å². The summed E-state index contributed by atoms with van der Waals surface area (Å²) in [6.07, 6.45) is 7.12. The molecule has 1 aliphatic carbocycles. The Balaban J connectivity index is 2.15. The minimum Gasteiger partial charge on any atom is -0.799 e. The van der Waals surface area contributed by atoms with Crippen molar-refractivity contribution < 1.29 is 14.1 Å². The van der Waals surface area contributed by atoms with E-state index in [2.05, 4.69) is 0 Å². The number of carbonyl (C=O) groups is 2. The van der Waals surface area contributed by atoms with Gasteiger partial charge in [0.15, 0.2) is 5.78 Å². The zero-order chi connectivity index (χ0) is 14.3. The average molecular weight is 286 g/mol. The Morgan fingerprint density at radius 1 is 1.35 bits per heavy atom. The number of hydrogen-bond acceptors (Lipinski definition) is 3. The summed E-state index contributed by atoms with van der Waals surface area (Å²) in [5, 5.41) is 0. The van der Waals surface area contributed by atoms with E-state index < -0.39 is 22.6 Å². The lowest BCUT2D eigenvalue weighted by atomic mass is 9.90. The van der Waals surface area contributed by atoms with Gasteiger partial charge in [0.05, 0.1) is 12.3 Å². The van der Waals surface area contributed by atoms with Crippen molar-refractivity contribution in [2.45, 2.75) is 11.3 Å². The molecular weight excluding hydrogens is 274 g/mol. The summed E-state index contributed by atoms with van der Waals surface area (Å²) in [7, 11) is -1.37. The molecule has 4 nitrogen and oxygen atoms in total. The van der Waals surface area contributed by atoms with Gasteiger partial charge in [-0.15, -0.1) is 0 Å². The highest BCUT2D eigenvalue weighted by Crippen LogP contribution is 2.38. The number of Topliss-reactive ketones (excluding diaryl/α,β-unsaturated/α-hetero) is 1. The number of benzene rings is 1. The van der Waals surface area contributed by atoms with Crippen LogP contribution in [0.5, 0.6) is 0 Å². The van der Waals surface area contributed by atoms with Gasteiger partial charge in [0, 0.05) is 5.56 Å². The molecule has 1 aromatic rings. The summed E-state index contributed by atoms with van der Waals surface area (Å²) >= 11 is 0. The zero-order valence-electron chi connectivity index (χ0n) is 10.5. The van der Waals surface area contributed by atoms with Gasteiger partial charge in [-0.2, -0.15) is 0 Å². The molecule has 1 amide bonds. The largest absolute Gasteiger partial charge is 0.799 e. The number of nitrogens with two attached hydrogens (primary N) is 1. The molecule has 0 saturated carbocycles. The van der Waals surface area contributed by atoms with Crippen molar-refractivity contribution in [3.05, 3.63) is 53.6 Å². The molecule has 20 heavy (non-hydrogen) atoms. The van der Waals surface area contributed by atoms with E-state index in [4.69, 9.17) is 5.73 Å². The van der Waals surface area contributed by atoms with Crippen LogP contribution < -0.4 is 5.73 Å². The highest BCUT2D eigenvalue weighted by Gasteiger charge is 2.28. The van der Waals surface area contributed by atoms with Crippen LogP contribution in [-0.4, -0.2) is 21.1 Å². The second-order valence-electron chi connectivity index (χ2n) is 4.73. The monoisotopic (exact) mass is 286 g/mol. The van der Waals surface area contributed by atoms with Gasteiger partial charge in [0.1, 0.15) is 0 Å². The van der Waals surface area contributed by atoms with Crippen LogP contribution in [0, 0.1) is 5.92 Å². The molecule has 0 fully saturated rings. The predicted molar refractivity (Wildman–Crippen MR) is 77.1 cm³/mol. The topological polar surface area (TPSA) is 83.2 Å². The summed E-state index contributed by atoms with van der Waals surface area (Å²) in [6.45, 7) is 0. The number of amides is 1. The fourth-order valence-electron chi connectivity index (χ4n) is 2.45. The fraction of sp³-hybridized carbons (Fsp3) is 0.133. The minimum absolute atomic E-state index is 0.0548. The lowest BCUT2D eigenvalue weighted by Gasteiger charge is -2.32. The van der Waals surface area contributed by atoms with Gasteiger partial charge in [0.25, 0.3) is 0 Å². The molecule has 3 rings (SSSR count). The van der Waals surface area contributed by atoms with Crippen molar-refractivity contribution in [1.82, 2.24) is 0 Å². The van der Waals surface area contributed by atoms with E-state index in [1.807, 2.05) is 0 Å². The summed E-state index contributed by atoms with van der Waals surface area (Å²) < 4.78 is 12.6. The van der Waals surface area contributed by atoms with Crippen molar-refractivity contribution in [2.75, 3.05) is 0 Å². The number of carbonyl (C=O) groups excluding carboxylic acids is 2. The second-order valence-corrected chi connectivity index (χ2v) is 6.18. The van der Waals surface area contributed by atoms with Crippen LogP contribution in [0.1, 0.15) is 15.9 Å². The van der Waals surface area contributed by atoms with Crippen LogP contribution in [0.2, 0.25) is 0 Å². The number of ketones is 1. The van der Waals surface area contributed by atoms with Gasteiger partial charge in [-0.05, 0) is 21.4 Å². The maximum Gasteiger partial charge on any atom is 0.221 e.